The van der Waals surface area contributed by atoms with E-state index in [4.69, 9.17) is 4.74 Å². The molecule has 2 aromatic heterocycles. The van der Waals surface area contributed by atoms with Crippen LogP contribution in [0, 0.1) is 0 Å². The molecule has 0 atom stereocenters. The summed E-state index contributed by atoms with van der Waals surface area (Å²) in [6, 6.07) is 0. The molecule has 0 saturated heterocycles. The van der Waals surface area contributed by atoms with Gasteiger partial charge in [0, 0.05) is 44.0 Å². The van der Waals surface area contributed by atoms with Crippen LogP contribution in [0.4, 0.5) is 10.6 Å². The largest absolute Gasteiger partial charge is 0.444 e. The molecule has 2 rings (SSSR count). The van der Waals surface area contributed by atoms with E-state index in [1.54, 1.807) is 17.9 Å². The van der Waals surface area contributed by atoms with Crippen molar-refractivity contribution in [1.82, 2.24) is 24.9 Å². The summed E-state index contributed by atoms with van der Waals surface area (Å²) in [7, 11) is 1.78. The molecule has 0 aliphatic carbocycles. The van der Waals surface area contributed by atoms with Crippen molar-refractivity contribution < 1.29 is 9.53 Å². The highest BCUT2D eigenvalue weighted by atomic mass is 16.6. The number of hydrogen-bond donors (Lipinski definition) is 2. The average molecular weight is 348 g/mol. The molecule has 2 heterocycles. The molecular weight excluding hydrogens is 320 g/mol. The fourth-order valence-corrected chi connectivity index (χ4v) is 2.36. The lowest BCUT2D eigenvalue weighted by atomic mass is 10.2. The van der Waals surface area contributed by atoms with Gasteiger partial charge in [-0.05, 0) is 27.2 Å². The van der Waals surface area contributed by atoms with Crippen LogP contribution in [0.3, 0.4) is 0 Å². The molecule has 0 aromatic carbocycles. The Morgan fingerprint density at radius 1 is 1.24 bits per heavy atom. The van der Waals surface area contributed by atoms with Crippen LogP contribution >= 0.6 is 0 Å². The van der Waals surface area contributed by atoms with Gasteiger partial charge in [0.1, 0.15) is 11.4 Å². The van der Waals surface area contributed by atoms with E-state index in [0.29, 0.717) is 18.9 Å². The molecule has 0 spiro atoms. The monoisotopic (exact) mass is 348 g/mol. The number of nitrogens with one attached hydrogen (secondary N) is 2. The summed E-state index contributed by atoms with van der Waals surface area (Å²) in [5, 5.41) is 14.6. The first-order chi connectivity index (χ1) is 11.8. The van der Waals surface area contributed by atoms with Crippen molar-refractivity contribution in [1.29, 1.82) is 0 Å². The van der Waals surface area contributed by atoms with Crippen LogP contribution in [0.15, 0.2) is 18.6 Å². The van der Waals surface area contributed by atoms with E-state index in [9.17, 15) is 4.79 Å². The molecule has 8 heteroatoms. The molecule has 8 nitrogen and oxygen atoms in total. The Balaban J connectivity index is 1.90. The summed E-state index contributed by atoms with van der Waals surface area (Å²) in [6.07, 6.45) is 6.22. The normalized spacial score (nSPS) is 11.6. The Hall–Kier alpha value is -2.35. The Morgan fingerprint density at radius 2 is 2.00 bits per heavy atom. The molecule has 0 fully saturated rings. The molecule has 0 aliphatic heterocycles. The van der Waals surface area contributed by atoms with E-state index in [1.165, 1.54) is 0 Å². The molecule has 25 heavy (non-hydrogen) atoms. The third kappa shape index (κ3) is 5.90. The molecule has 0 bridgehead atoms. The van der Waals surface area contributed by atoms with Crippen LogP contribution in [0.25, 0.3) is 0 Å². The number of ether oxygens (including phenoxy) is 1. The number of aromatic nitrogens is 4. The van der Waals surface area contributed by atoms with Crippen LogP contribution in [-0.2, 0) is 31.4 Å². The summed E-state index contributed by atoms with van der Waals surface area (Å²) in [5.41, 5.74) is 1.48. The first-order valence-corrected chi connectivity index (χ1v) is 8.51. The Bertz CT molecular complexity index is 698. The van der Waals surface area contributed by atoms with Gasteiger partial charge in [0.25, 0.3) is 0 Å². The van der Waals surface area contributed by atoms with E-state index in [1.807, 2.05) is 37.8 Å². The minimum Gasteiger partial charge on any atom is -0.444 e. The van der Waals surface area contributed by atoms with Gasteiger partial charge in [0.05, 0.1) is 12.4 Å². The number of hydrogen-bond acceptors (Lipinski definition) is 5. The summed E-state index contributed by atoms with van der Waals surface area (Å²) in [4.78, 5) is 12.0. The highest BCUT2D eigenvalue weighted by Crippen LogP contribution is 2.16. The van der Waals surface area contributed by atoms with E-state index < -0.39 is 11.7 Å². The number of carbonyl (C=O) groups is 1. The fourth-order valence-electron chi connectivity index (χ4n) is 2.36. The summed E-state index contributed by atoms with van der Waals surface area (Å²) >= 11 is 0. The third-order valence-corrected chi connectivity index (χ3v) is 3.42. The van der Waals surface area contributed by atoms with Crippen molar-refractivity contribution in [2.75, 3.05) is 5.32 Å². The van der Waals surface area contributed by atoms with Crippen LogP contribution in [0.1, 0.15) is 45.2 Å². The second-order valence-electron chi connectivity index (χ2n) is 6.98. The van der Waals surface area contributed by atoms with E-state index in [2.05, 4.69) is 27.8 Å². The van der Waals surface area contributed by atoms with Gasteiger partial charge < -0.3 is 10.1 Å². The zero-order valence-corrected chi connectivity index (χ0v) is 15.7. The van der Waals surface area contributed by atoms with Crippen molar-refractivity contribution in [3.63, 3.8) is 0 Å². The minimum absolute atomic E-state index is 0.488. The number of carbonyl (C=O) groups excluding carboxylic acids is 1. The lowest BCUT2D eigenvalue weighted by Gasteiger charge is -2.20. The molecule has 0 aliphatic rings. The molecule has 0 unspecified atom stereocenters. The van der Waals surface area contributed by atoms with Gasteiger partial charge in [-0.2, -0.15) is 10.2 Å². The van der Waals surface area contributed by atoms with Gasteiger partial charge in [-0.15, -0.1) is 0 Å². The number of rotatable bonds is 7. The first kappa shape index (κ1) is 19.0. The SMILES string of the molecule is CCCn1cc(CNCc2cnn(C)c2NC(=O)OC(C)(C)C)cn1. The van der Waals surface area contributed by atoms with E-state index in [0.717, 1.165) is 24.1 Å². The quantitative estimate of drug-likeness (QED) is 0.803. The predicted octanol–water partition coefficient (Wildman–Crippen LogP) is 2.66. The number of amides is 1. The lowest BCUT2D eigenvalue weighted by Crippen LogP contribution is -2.28. The zero-order valence-electron chi connectivity index (χ0n) is 15.7. The summed E-state index contributed by atoms with van der Waals surface area (Å²) in [6.45, 7) is 9.82. The number of nitrogens with zero attached hydrogens (tertiary/aromatic N) is 4. The maximum Gasteiger partial charge on any atom is 0.413 e. The summed E-state index contributed by atoms with van der Waals surface area (Å²) in [5.74, 6) is 0.628. The van der Waals surface area contributed by atoms with Crippen molar-refractivity contribution in [2.45, 2.75) is 59.4 Å². The highest BCUT2D eigenvalue weighted by Gasteiger charge is 2.19. The molecule has 2 aromatic rings. The van der Waals surface area contributed by atoms with Gasteiger partial charge in [-0.25, -0.2) is 4.79 Å². The van der Waals surface area contributed by atoms with Gasteiger partial charge in [-0.1, -0.05) is 6.92 Å². The van der Waals surface area contributed by atoms with Gasteiger partial charge >= 0.3 is 6.09 Å². The van der Waals surface area contributed by atoms with Crippen molar-refractivity contribution >= 4 is 11.9 Å². The topological polar surface area (TPSA) is 86.0 Å². The fraction of sp³-hybridized carbons (Fsp3) is 0.588. The van der Waals surface area contributed by atoms with Crippen LogP contribution < -0.4 is 10.6 Å². The average Bonchev–Trinajstić information content (AvgIpc) is 3.07. The molecule has 2 N–H and O–H groups in total. The smallest absolute Gasteiger partial charge is 0.413 e. The van der Waals surface area contributed by atoms with Crippen LogP contribution in [0.2, 0.25) is 0 Å². The Morgan fingerprint density at radius 3 is 2.68 bits per heavy atom. The molecule has 1 amide bonds. The summed E-state index contributed by atoms with van der Waals surface area (Å²) < 4.78 is 8.86. The minimum atomic E-state index is -0.542. The molecule has 0 radical (unpaired) electrons. The number of aryl methyl sites for hydroxylation is 2. The molecular formula is C17H28N6O2. The van der Waals surface area contributed by atoms with Gasteiger partial charge in [-0.3, -0.25) is 14.7 Å². The van der Waals surface area contributed by atoms with Gasteiger partial charge in [0.15, 0.2) is 0 Å². The second kappa shape index (κ2) is 8.15. The second-order valence-corrected chi connectivity index (χ2v) is 6.98. The Kier molecular flexibility index (Phi) is 6.19. The number of anilines is 1. The van der Waals surface area contributed by atoms with E-state index >= 15 is 0 Å². The Labute approximate surface area is 148 Å². The predicted molar refractivity (Wildman–Crippen MR) is 96.1 cm³/mol. The van der Waals surface area contributed by atoms with Gasteiger partial charge in [0.2, 0.25) is 0 Å². The molecule has 0 saturated carbocycles. The third-order valence-electron chi connectivity index (χ3n) is 3.42. The first-order valence-electron chi connectivity index (χ1n) is 8.51. The van der Waals surface area contributed by atoms with Crippen LogP contribution in [-0.4, -0.2) is 31.3 Å². The van der Waals surface area contributed by atoms with Crippen molar-refractivity contribution in [3.8, 4) is 0 Å². The maximum absolute atomic E-state index is 12.0. The zero-order chi connectivity index (χ0) is 18.4. The highest BCUT2D eigenvalue weighted by molar-refractivity contribution is 5.84. The maximum atomic E-state index is 12.0. The lowest BCUT2D eigenvalue weighted by molar-refractivity contribution is 0.0634. The van der Waals surface area contributed by atoms with Crippen molar-refractivity contribution in [2.24, 2.45) is 7.05 Å². The van der Waals surface area contributed by atoms with Crippen LogP contribution in [0.5, 0.6) is 0 Å². The van der Waals surface area contributed by atoms with Crippen molar-refractivity contribution in [3.05, 3.63) is 29.7 Å². The molecule has 138 valence electrons. The standard InChI is InChI=1S/C17H28N6O2/c1-6-7-23-12-13(9-20-23)8-18-10-14-11-19-22(5)15(14)21-16(24)25-17(2,3)4/h9,11-12,18H,6-8,10H2,1-5H3,(H,21,24). The van der Waals surface area contributed by atoms with E-state index in [-0.39, 0.29) is 0 Å².